The predicted octanol–water partition coefficient (Wildman–Crippen LogP) is 6.79. The van der Waals surface area contributed by atoms with Crippen LogP contribution in [0.15, 0.2) is 30.3 Å². The van der Waals surface area contributed by atoms with Gasteiger partial charge in [0, 0.05) is 6.04 Å². The Morgan fingerprint density at radius 3 is 1.72 bits per heavy atom. The average molecular weight is 553 g/mol. The molecule has 0 spiro atoms. The molecule has 3 nitrogen and oxygen atoms in total. The van der Waals surface area contributed by atoms with Crippen LogP contribution < -0.4 is 5.32 Å². The van der Waals surface area contributed by atoms with Crippen molar-refractivity contribution in [3.05, 3.63) is 35.9 Å². The summed E-state index contributed by atoms with van der Waals surface area (Å²) in [5.74, 6) is -40.6. The number of ether oxygens (including phenoxy) is 1. The van der Waals surface area contributed by atoms with Crippen LogP contribution in [0.3, 0.4) is 0 Å². The van der Waals surface area contributed by atoms with Crippen molar-refractivity contribution >= 4 is 5.97 Å². The smallest absolute Gasteiger partial charge is 0.460 e. The number of unbranched alkanes of at least 4 members (excludes halogenated alkanes) is 1. The zero-order chi connectivity index (χ0) is 28.4. The molecule has 208 valence electrons. The normalized spacial score (nSPS) is 16.0. The van der Waals surface area contributed by atoms with E-state index in [-0.39, 0.29) is 18.4 Å². The van der Waals surface area contributed by atoms with Crippen molar-refractivity contribution in [1.29, 1.82) is 0 Å². The van der Waals surface area contributed by atoms with Gasteiger partial charge in [-0.2, -0.15) is 57.1 Å². The summed E-state index contributed by atoms with van der Waals surface area (Å²) in [6.45, 7) is 1.75. The molecule has 0 bridgehead atoms. The van der Waals surface area contributed by atoms with Crippen LogP contribution in [-0.2, 0) is 9.53 Å². The van der Waals surface area contributed by atoms with Crippen LogP contribution in [0.25, 0.3) is 0 Å². The Labute approximate surface area is 196 Å². The van der Waals surface area contributed by atoms with Crippen LogP contribution in [0.5, 0.6) is 0 Å². The van der Waals surface area contributed by atoms with Gasteiger partial charge in [-0.05, 0) is 18.9 Å². The molecule has 1 aromatic carbocycles. The van der Waals surface area contributed by atoms with E-state index in [1.165, 1.54) is 42.6 Å². The summed E-state index contributed by atoms with van der Waals surface area (Å²) >= 11 is 0. The van der Waals surface area contributed by atoms with Crippen molar-refractivity contribution in [3.63, 3.8) is 0 Å². The minimum absolute atomic E-state index is 0.0105. The molecule has 1 N–H and O–H groups in total. The third-order valence-corrected chi connectivity index (χ3v) is 5.01. The summed E-state index contributed by atoms with van der Waals surface area (Å²) < 4.78 is 181. The molecular formula is C20H20F13NO2. The Bertz CT molecular complexity index is 872. The molecule has 16 heteroatoms. The highest BCUT2D eigenvalue weighted by Crippen LogP contribution is 2.60. The van der Waals surface area contributed by atoms with Gasteiger partial charge in [-0.25, -0.2) is 0 Å². The highest BCUT2D eigenvalue weighted by Gasteiger charge is 2.91. The maximum Gasteiger partial charge on any atom is 0.460 e. The van der Waals surface area contributed by atoms with E-state index in [9.17, 15) is 61.9 Å². The Morgan fingerprint density at radius 1 is 0.806 bits per heavy atom. The molecule has 0 aliphatic rings. The van der Waals surface area contributed by atoms with E-state index in [1.807, 2.05) is 0 Å². The van der Waals surface area contributed by atoms with Gasteiger partial charge in [0.15, 0.2) is 6.04 Å². The molecule has 36 heavy (non-hydrogen) atoms. The number of carbonyl (C=O) groups excluding carboxylic acids is 1. The van der Waals surface area contributed by atoms with Gasteiger partial charge in [-0.15, -0.1) is 0 Å². The van der Waals surface area contributed by atoms with Gasteiger partial charge in [-0.3, -0.25) is 10.1 Å². The van der Waals surface area contributed by atoms with Gasteiger partial charge in [0.05, 0.1) is 6.61 Å². The summed E-state index contributed by atoms with van der Waals surface area (Å²) in [5.41, 5.74) is -0.0105. The molecule has 0 radical (unpaired) electrons. The summed E-state index contributed by atoms with van der Waals surface area (Å²) in [4.78, 5) is 12.2. The molecule has 0 unspecified atom stereocenters. The Morgan fingerprint density at radius 2 is 1.28 bits per heavy atom. The molecule has 1 rings (SSSR count). The molecule has 0 saturated heterocycles. The van der Waals surface area contributed by atoms with Crippen LogP contribution in [0, 0.1) is 0 Å². The molecule has 0 aromatic heterocycles. The third kappa shape index (κ3) is 5.52. The van der Waals surface area contributed by atoms with Crippen LogP contribution in [0.2, 0.25) is 0 Å². The second-order valence-electron chi connectivity index (χ2n) is 7.67. The lowest BCUT2D eigenvalue weighted by molar-refractivity contribution is -0.440. The van der Waals surface area contributed by atoms with Crippen molar-refractivity contribution in [1.82, 2.24) is 5.32 Å². The minimum Gasteiger partial charge on any atom is -0.464 e. The lowest BCUT2D eigenvalue weighted by Gasteiger charge is -2.41. The van der Waals surface area contributed by atoms with Crippen LogP contribution in [-0.4, -0.2) is 54.4 Å². The molecular weight excluding hydrogens is 533 g/mol. The van der Waals surface area contributed by atoms with Gasteiger partial charge >= 0.3 is 41.8 Å². The number of halogens is 13. The number of esters is 1. The second-order valence-corrected chi connectivity index (χ2v) is 7.67. The second kappa shape index (κ2) is 10.6. The van der Waals surface area contributed by atoms with E-state index in [1.54, 1.807) is 0 Å². The first kappa shape index (κ1) is 31.8. The van der Waals surface area contributed by atoms with Crippen LogP contribution >= 0.6 is 0 Å². The fourth-order valence-corrected chi connectivity index (χ4v) is 2.77. The summed E-state index contributed by atoms with van der Waals surface area (Å²) in [7, 11) is 0. The molecule has 0 aliphatic carbocycles. The largest absolute Gasteiger partial charge is 0.464 e. The number of hydrogen-bond donors (Lipinski definition) is 1. The number of hydrogen-bond acceptors (Lipinski definition) is 3. The van der Waals surface area contributed by atoms with Gasteiger partial charge in [0.1, 0.15) is 0 Å². The molecule has 0 saturated carbocycles. The first-order valence-corrected chi connectivity index (χ1v) is 10.0. The standard InChI is InChI=1S/C20H20F13NO2/c1-3-4-10-36-14(35)13(34-11(2)12-8-6-5-7-9-12)15(21,22)16(23,24)17(25,26)18(27,28)19(29,30)20(31,32)33/h5-9,11,13,34H,3-4,10H2,1-2H3/t11-,13-/m0/s1. The highest BCUT2D eigenvalue weighted by molar-refractivity contribution is 5.77. The van der Waals surface area contributed by atoms with E-state index in [2.05, 4.69) is 4.74 Å². The predicted molar refractivity (Wildman–Crippen MR) is 98.4 cm³/mol. The fourth-order valence-electron chi connectivity index (χ4n) is 2.77. The number of alkyl halides is 13. The lowest BCUT2D eigenvalue weighted by Crippen LogP contribution is -2.73. The zero-order valence-electron chi connectivity index (χ0n) is 18.4. The van der Waals surface area contributed by atoms with E-state index in [4.69, 9.17) is 0 Å². The topological polar surface area (TPSA) is 38.3 Å². The molecule has 0 amide bonds. The third-order valence-electron chi connectivity index (χ3n) is 5.01. The Hall–Kier alpha value is -2.26. The van der Waals surface area contributed by atoms with Gasteiger partial charge in [-0.1, -0.05) is 43.7 Å². The summed E-state index contributed by atoms with van der Waals surface area (Å²) in [6.07, 6.45) is -7.31. The van der Waals surface area contributed by atoms with Crippen molar-refractivity contribution in [2.45, 2.75) is 74.6 Å². The molecule has 2 atom stereocenters. The van der Waals surface area contributed by atoms with E-state index in [0.29, 0.717) is 0 Å². The highest BCUT2D eigenvalue weighted by atomic mass is 19.4. The van der Waals surface area contributed by atoms with Gasteiger partial charge < -0.3 is 4.74 Å². The Kier molecular flexibility index (Phi) is 9.37. The zero-order valence-corrected chi connectivity index (χ0v) is 18.4. The lowest BCUT2D eigenvalue weighted by atomic mass is 9.90. The van der Waals surface area contributed by atoms with Crippen molar-refractivity contribution in [3.8, 4) is 0 Å². The van der Waals surface area contributed by atoms with Crippen molar-refractivity contribution in [2.75, 3.05) is 6.61 Å². The van der Waals surface area contributed by atoms with E-state index >= 15 is 0 Å². The maximum atomic E-state index is 14.8. The molecule has 0 fully saturated rings. The minimum atomic E-state index is -8.06. The van der Waals surface area contributed by atoms with Gasteiger partial charge in [0.2, 0.25) is 0 Å². The van der Waals surface area contributed by atoms with E-state index < -0.39 is 60.4 Å². The summed E-state index contributed by atoms with van der Waals surface area (Å²) in [5, 5.41) is 1.51. The van der Waals surface area contributed by atoms with Crippen molar-refractivity contribution < 1.29 is 66.6 Å². The molecule has 0 heterocycles. The van der Waals surface area contributed by atoms with Gasteiger partial charge in [0.25, 0.3) is 0 Å². The molecule has 1 aromatic rings. The number of benzene rings is 1. The van der Waals surface area contributed by atoms with E-state index in [0.717, 1.165) is 6.92 Å². The molecule has 0 aliphatic heterocycles. The van der Waals surface area contributed by atoms with Crippen molar-refractivity contribution in [2.24, 2.45) is 0 Å². The fraction of sp³-hybridized carbons (Fsp3) is 0.650. The number of rotatable bonds is 12. The number of nitrogens with one attached hydrogen (secondary N) is 1. The first-order valence-electron chi connectivity index (χ1n) is 10.0. The Balaban J connectivity index is 3.58. The maximum absolute atomic E-state index is 14.8. The summed E-state index contributed by atoms with van der Waals surface area (Å²) in [6, 6.07) is 0.994. The van der Waals surface area contributed by atoms with Crippen LogP contribution in [0.4, 0.5) is 57.1 Å². The average Bonchev–Trinajstić information content (AvgIpc) is 2.76. The number of carbonyl (C=O) groups is 1. The quantitative estimate of drug-likeness (QED) is 0.176. The SMILES string of the molecule is CCCCOC(=O)[C@H](N[C@@H](C)c1ccccc1)C(F)(F)C(F)(F)C(F)(F)C(F)(F)C(F)(F)C(F)(F)F. The van der Waals surface area contributed by atoms with Crippen LogP contribution in [0.1, 0.15) is 38.3 Å². The first-order chi connectivity index (χ1) is 16.1. The monoisotopic (exact) mass is 553 g/mol.